The molecule has 0 aliphatic rings. The fraction of sp³-hybridized carbons (Fsp3) is 0.0135. The van der Waals surface area contributed by atoms with Crippen LogP contribution in [0.1, 0.15) is 22.3 Å². The Labute approximate surface area is 493 Å². The quantitative estimate of drug-likeness (QED) is 0.0862. The number of rotatable bonds is 13. The van der Waals surface area contributed by atoms with Crippen molar-refractivity contribution in [3.63, 3.8) is 0 Å². The van der Waals surface area contributed by atoms with Gasteiger partial charge in [-0.3, -0.25) is 19.9 Å². The molecule has 0 aliphatic heterocycles. The van der Waals surface area contributed by atoms with Gasteiger partial charge in [0.2, 0.25) is 0 Å². The average molecular weight is 1110 g/mol. The van der Waals surface area contributed by atoms with Crippen LogP contribution in [-0.4, -0.2) is 45.7 Å². The summed E-state index contributed by atoms with van der Waals surface area (Å²) in [7, 11) is 0. The highest BCUT2D eigenvalue weighted by Gasteiger charge is 2.27. The molecule has 86 heavy (non-hydrogen) atoms. The van der Waals surface area contributed by atoms with Crippen molar-refractivity contribution in [2.24, 2.45) is 10.7 Å². The molecule has 2 N–H and O–H groups in total. The first-order valence-corrected chi connectivity index (χ1v) is 28.1. The van der Waals surface area contributed by atoms with E-state index in [1.54, 1.807) is 37.2 Å². The van der Waals surface area contributed by atoms with Gasteiger partial charge in [-0.1, -0.05) is 133 Å². The van der Waals surface area contributed by atoms with Crippen molar-refractivity contribution in [1.82, 2.24) is 39.9 Å². The summed E-state index contributed by atoms with van der Waals surface area (Å²) in [6, 6.07) is 72.9. The Morgan fingerprint density at radius 1 is 0.384 bits per heavy atom. The Kier molecular flexibility index (Phi) is 13.1. The van der Waals surface area contributed by atoms with Gasteiger partial charge in [0.25, 0.3) is 0 Å². The molecule has 0 fully saturated rings. The lowest BCUT2D eigenvalue weighted by atomic mass is 9.93. The highest BCUT2D eigenvalue weighted by molar-refractivity contribution is 6.16. The van der Waals surface area contributed by atoms with Crippen LogP contribution in [0.25, 0.3) is 134 Å². The second kappa shape index (κ2) is 22.1. The molecular weight excluding hydrogens is 1060 g/mol. The first kappa shape index (κ1) is 51.0. The molecule has 0 atom stereocenters. The Morgan fingerprint density at radius 3 is 1.55 bits per heavy atom. The molecule has 0 radical (unpaired) electrons. The number of allylic oxidation sites excluding steroid dienone is 1. The van der Waals surface area contributed by atoms with Crippen LogP contribution in [0.5, 0.6) is 0 Å². The van der Waals surface area contributed by atoms with Crippen LogP contribution in [-0.2, 0) is 6.42 Å². The van der Waals surface area contributed by atoms with Crippen LogP contribution in [0.4, 0.5) is 0 Å². The maximum atomic E-state index is 7.12. The predicted molar refractivity (Wildman–Crippen MR) is 342 cm³/mol. The second-order valence-electron chi connectivity index (χ2n) is 20.7. The van der Waals surface area contributed by atoms with E-state index in [0.29, 0.717) is 62.9 Å². The Morgan fingerprint density at radius 2 is 0.919 bits per heavy atom. The van der Waals surface area contributed by atoms with Crippen LogP contribution >= 0.6 is 0 Å². The molecule has 6 aromatic carbocycles. The Balaban J connectivity index is 0.980. The normalized spacial score (nSPS) is 12.1. The number of benzene rings is 6. The molecule has 12 nitrogen and oxygen atoms in total. The lowest BCUT2D eigenvalue weighted by molar-refractivity contribution is 0.663. The van der Waals surface area contributed by atoms with E-state index in [2.05, 4.69) is 80.6 Å². The number of pyridine rings is 6. The number of nitrogens with two attached hydrogens (primary N) is 1. The molecule has 15 rings (SSSR count). The SMILES string of the molecule is NC(=N/C(=C(\Cc1ccncc1)c1ccc2oc3c(-c4cc(-c5ccccc5)nc5c4oc4ccc(-c6c(-c7ccncc7)nc(-c7ccccc7)nc6-c6ccncc6)cc45)nc(-c4ccccc4)cc3c2c1)c1ccncc1)c1ccccc1. The van der Waals surface area contributed by atoms with E-state index in [0.717, 1.165) is 106 Å². The molecule has 0 saturated heterocycles. The van der Waals surface area contributed by atoms with Crippen molar-refractivity contribution in [3.05, 3.63) is 290 Å². The molecule has 0 aliphatic carbocycles. The third kappa shape index (κ3) is 9.68. The summed E-state index contributed by atoms with van der Waals surface area (Å²) in [6.07, 6.45) is 14.8. The van der Waals surface area contributed by atoms with E-state index in [9.17, 15) is 0 Å². The fourth-order valence-electron chi connectivity index (χ4n) is 11.2. The maximum absolute atomic E-state index is 7.12. The number of hydrogen-bond acceptors (Lipinski definition) is 11. The summed E-state index contributed by atoms with van der Waals surface area (Å²) >= 11 is 0. The minimum atomic E-state index is 0.388. The van der Waals surface area contributed by atoms with Gasteiger partial charge in [-0.25, -0.2) is 24.9 Å². The Hall–Kier alpha value is -11.9. The Bertz CT molecular complexity index is 4980. The summed E-state index contributed by atoms with van der Waals surface area (Å²) in [5, 5.41) is 2.55. The lowest BCUT2D eigenvalue weighted by Crippen LogP contribution is -2.13. The molecule has 0 saturated carbocycles. The van der Waals surface area contributed by atoms with Crippen LogP contribution in [0.15, 0.2) is 282 Å². The lowest BCUT2D eigenvalue weighted by Gasteiger charge is -2.17. The van der Waals surface area contributed by atoms with Gasteiger partial charge < -0.3 is 14.6 Å². The van der Waals surface area contributed by atoms with E-state index < -0.39 is 0 Å². The van der Waals surface area contributed by atoms with Gasteiger partial charge in [0.1, 0.15) is 28.2 Å². The highest BCUT2D eigenvalue weighted by atomic mass is 16.3. The molecule has 0 bridgehead atoms. The van der Waals surface area contributed by atoms with E-state index in [1.807, 2.05) is 170 Å². The average Bonchev–Trinajstić information content (AvgIpc) is 1.71. The first-order chi connectivity index (χ1) is 42.5. The zero-order valence-electron chi connectivity index (χ0n) is 46.0. The summed E-state index contributed by atoms with van der Waals surface area (Å²) in [5.74, 6) is 0.980. The number of amidine groups is 1. The van der Waals surface area contributed by atoms with Crippen molar-refractivity contribution in [1.29, 1.82) is 0 Å². The first-order valence-electron chi connectivity index (χ1n) is 28.1. The zero-order valence-corrected chi connectivity index (χ0v) is 46.0. The number of fused-ring (bicyclic) bond motifs is 6. The van der Waals surface area contributed by atoms with Gasteiger partial charge in [-0.05, 0) is 107 Å². The minimum Gasteiger partial charge on any atom is -0.454 e. The fourth-order valence-corrected chi connectivity index (χ4v) is 11.2. The molecule has 9 aromatic heterocycles. The summed E-state index contributed by atoms with van der Waals surface area (Å²) in [5.41, 5.74) is 25.8. The second-order valence-corrected chi connectivity index (χ2v) is 20.7. The van der Waals surface area contributed by atoms with Crippen molar-refractivity contribution in [3.8, 4) is 78.8 Å². The summed E-state index contributed by atoms with van der Waals surface area (Å²) < 4.78 is 14.2. The van der Waals surface area contributed by atoms with E-state index in [1.165, 1.54) is 0 Å². The maximum Gasteiger partial charge on any atom is 0.163 e. The van der Waals surface area contributed by atoms with Crippen molar-refractivity contribution in [2.75, 3.05) is 0 Å². The van der Waals surface area contributed by atoms with Crippen molar-refractivity contribution in [2.45, 2.75) is 6.42 Å². The molecule has 406 valence electrons. The molecule has 15 aromatic rings. The van der Waals surface area contributed by atoms with Gasteiger partial charge in [0, 0.05) is 117 Å². The standard InChI is InChI=1S/C74H48N10O2/c75-73(52-17-9-3-10-18-52)82-66(49-27-35-77-36-28-49)56(41-46-25-33-76-34-26-46)54-21-23-63-57(42-54)58-44-61(47-13-5-1-6-14-47)81-70(71(58)85-63)60-45-62(48-15-7-2-8-16-48)80-69-59-43-55(22-24-64(59)86-72(60)69)65-67(50-29-37-78-38-30-50)83-74(53-19-11-4-12-20-53)84-68(65)51-31-39-79-40-32-51/h1-40,42-45H,41H2,(H2,75,82)/b66-56+. The number of furan rings is 2. The summed E-state index contributed by atoms with van der Waals surface area (Å²) in [6.45, 7) is 0. The number of aromatic nitrogens is 8. The van der Waals surface area contributed by atoms with Gasteiger partial charge >= 0.3 is 0 Å². The molecule has 9 heterocycles. The molecule has 0 unspecified atom stereocenters. The third-order valence-electron chi connectivity index (χ3n) is 15.4. The van der Waals surface area contributed by atoms with Crippen molar-refractivity contribution >= 4 is 61.1 Å². The predicted octanol–water partition coefficient (Wildman–Crippen LogP) is 16.8. The van der Waals surface area contributed by atoms with Crippen LogP contribution < -0.4 is 5.73 Å². The van der Waals surface area contributed by atoms with E-state index in [-0.39, 0.29) is 0 Å². The number of hydrogen-bond donors (Lipinski definition) is 1. The number of aliphatic imine (C=N–C) groups is 1. The highest BCUT2D eigenvalue weighted by Crippen LogP contribution is 2.46. The van der Waals surface area contributed by atoms with Crippen LogP contribution in [0, 0.1) is 0 Å². The monoisotopic (exact) mass is 1110 g/mol. The minimum absolute atomic E-state index is 0.388. The van der Waals surface area contributed by atoms with Crippen LogP contribution in [0.3, 0.4) is 0 Å². The van der Waals surface area contributed by atoms with Gasteiger partial charge in [-0.2, -0.15) is 0 Å². The third-order valence-corrected chi connectivity index (χ3v) is 15.4. The van der Waals surface area contributed by atoms with Gasteiger partial charge in [0.05, 0.1) is 34.0 Å². The smallest absolute Gasteiger partial charge is 0.163 e. The largest absolute Gasteiger partial charge is 0.454 e. The van der Waals surface area contributed by atoms with Gasteiger partial charge in [0.15, 0.2) is 17.0 Å². The molecule has 12 heteroatoms. The molecular formula is C74H48N10O2. The van der Waals surface area contributed by atoms with Crippen LogP contribution in [0.2, 0.25) is 0 Å². The van der Waals surface area contributed by atoms with E-state index >= 15 is 0 Å². The van der Waals surface area contributed by atoms with Gasteiger partial charge in [-0.15, -0.1) is 0 Å². The van der Waals surface area contributed by atoms with Crippen molar-refractivity contribution < 1.29 is 8.83 Å². The summed E-state index contributed by atoms with van der Waals surface area (Å²) in [4.78, 5) is 44.5. The molecule has 0 amide bonds. The number of nitrogens with zero attached hydrogens (tertiary/aromatic N) is 9. The zero-order chi connectivity index (χ0) is 57.3. The van der Waals surface area contributed by atoms with E-state index in [4.69, 9.17) is 39.5 Å². The molecule has 0 spiro atoms. The topological polar surface area (TPSA) is 168 Å².